The van der Waals surface area contributed by atoms with Gasteiger partial charge in [-0.2, -0.15) is 13.2 Å². The second kappa shape index (κ2) is 9.65. The largest absolute Gasteiger partial charge is 0.496 e. The van der Waals surface area contributed by atoms with Crippen molar-refractivity contribution in [3.05, 3.63) is 70.8 Å². The lowest BCUT2D eigenvalue weighted by molar-refractivity contribution is -0.114. The van der Waals surface area contributed by atoms with Crippen LogP contribution in [-0.4, -0.2) is 30.1 Å². The van der Waals surface area contributed by atoms with Gasteiger partial charge in [-0.15, -0.1) is 0 Å². The molecular weight excluding hydrogens is 499 g/mol. The van der Waals surface area contributed by atoms with Gasteiger partial charge in [0.15, 0.2) is 5.13 Å². The van der Waals surface area contributed by atoms with Crippen LogP contribution in [0.15, 0.2) is 65.3 Å². The zero-order chi connectivity index (χ0) is 26.3. The summed E-state index contributed by atoms with van der Waals surface area (Å²) in [6, 6.07) is 12.0. The highest BCUT2D eigenvalue weighted by Crippen LogP contribution is 2.42. The van der Waals surface area contributed by atoms with Gasteiger partial charge in [0, 0.05) is 23.6 Å². The van der Waals surface area contributed by atoms with Crippen molar-refractivity contribution in [2.24, 2.45) is 0 Å². The molecule has 1 aromatic heterocycles. The zero-order valence-electron chi connectivity index (χ0n) is 19.7. The predicted octanol–water partition coefficient (Wildman–Crippen LogP) is 7.90. The molecule has 0 fully saturated rings. The van der Waals surface area contributed by atoms with Crippen molar-refractivity contribution < 1.29 is 31.5 Å². The zero-order valence-corrected chi connectivity index (χ0v) is 20.6. The van der Waals surface area contributed by atoms with Crippen molar-refractivity contribution in [1.29, 1.82) is 0 Å². The lowest BCUT2D eigenvalue weighted by Crippen LogP contribution is -2.30. The molecule has 0 saturated heterocycles. The van der Waals surface area contributed by atoms with Gasteiger partial charge >= 0.3 is 6.18 Å². The summed E-state index contributed by atoms with van der Waals surface area (Å²) < 4.78 is 75.9. The minimum Gasteiger partial charge on any atom is -0.496 e. The third kappa shape index (κ3) is 5.13. The van der Waals surface area contributed by atoms with Crippen molar-refractivity contribution in [1.82, 2.24) is 4.98 Å². The Balaban J connectivity index is 1.93. The van der Waals surface area contributed by atoms with E-state index in [0.717, 1.165) is 4.70 Å². The molecule has 3 aromatic rings. The van der Waals surface area contributed by atoms with Gasteiger partial charge in [0.2, 0.25) is 0 Å². The quantitative estimate of drug-likeness (QED) is 0.320. The summed E-state index contributed by atoms with van der Waals surface area (Å²) >= 11 is 1.18. The summed E-state index contributed by atoms with van der Waals surface area (Å²) in [6.07, 6.45) is -5.11. The van der Waals surface area contributed by atoms with Gasteiger partial charge in [0.05, 0.1) is 23.0 Å². The number of para-hydroxylation sites is 1. The second-order valence-corrected chi connectivity index (χ2v) is 9.57. The summed E-state index contributed by atoms with van der Waals surface area (Å²) in [6.45, 7) is 2.27. The normalized spacial score (nSPS) is 15.1. The Labute approximate surface area is 208 Å². The Morgan fingerprint density at radius 2 is 1.81 bits per heavy atom. The summed E-state index contributed by atoms with van der Waals surface area (Å²) in [7, 11) is 1.50. The topological polar surface area (TPSA) is 42.4 Å². The molecule has 190 valence electrons. The smallest absolute Gasteiger partial charge is 0.412 e. The van der Waals surface area contributed by atoms with Gasteiger partial charge in [-0.3, -0.25) is 9.69 Å². The molecule has 0 radical (unpaired) electrons. The highest BCUT2D eigenvalue weighted by atomic mass is 32.1. The van der Waals surface area contributed by atoms with Gasteiger partial charge in [-0.1, -0.05) is 23.5 Å². The molecule has 2 aromatic carbocycles. The van der Waals surface area contributed by atoms with E-state index in [0.29, 0.717) is 35.5 Å². The molecule has 0 N–H and O–H groups in total. The van der Waals surface area contributed by atoms with E-state index in [-0.39, 0.29) is 23.5 Å². The fourth-order valence-electron chi connectivity index (χ4n) is 4.17. The molecule has 1 amide bonds. The molecule has 1 heterocycles. The first-order chi connectivity index (χ1) is 16.9. The van der Waals surface area contributed by atoms with Crippen LogP contribution in [0.4, 0.5) is 32.8 Å². The highest BCUT2D eigenvalue weighted by Gasteiger charge is 2.40. The van der Waals surface area contributed by atoms with Gasteiger partial charge in [0.25, 0.3) is 11.8 Å². The Morgan fingerprint density at radius 1 is 1.08 bits per heavy atom. The summed E-state index contributed by atoms with van der Waals surface area (Å²) in [5.41, 5.74) is -0.732. The van der Waals surface area contributed by atoms with E-state index in [4.69, 9.17) is 4.74 Å². The van der Waals surface area contributed by atoms with E-state index in [1.54, 1.807) is 43.3 Å². The molecule has 0 atom stereocenters. The van der Waals surface area contributed by atoms with Gasteiger partial charge in [-0.25, -0.2) is 13.8 Å². The van der Waals surface area contributed by atoms with E-state index in [9.17, 15) is 26.7 Å². The van der Waals surface area contributed by atoms with Crippen molar-refractivity contribution >= 4 is 38.3 Å². The molecular formula is C26H23F5N2O2S. The molecule has 0 saturated carbocycles. The van der Waals surface area contributed by atoms with Crippen molar-refractivity contribution in [2.45, 2.75) is 45.2 Å². The highest BCUT2D eigenvalue weighted by molar-refractivity contribution is 7.22. The maximum Gasteiger partial charge on any atom is 0.412 e. The minimum atomic E-state index is -4.77. The van der Waals surface area contributed by atoms with E-state index in [1.807, 2.05) is 6.07 Å². The predicted molar refractivity (Wildman–Crippen MR) is 130 cm³/mol. The van der Waals surface area contributed by atoms with Crippen LogP contribution in [0.25, 0.3) is 10.2 Å². The Kier molecular flexibility index (Phi) is 6.92. The number of benzene rings is 2. The van der Waals surface area contributed by atoms with Crippen LogP contribution in [0.2, 0.25) is 0 Å². The lowest BCUT2D eigenvalue weighted by Gasteiger charge is -2.25. The number of carbonyl (C=O) groups is 1. The number of halogens is 5. The number of anilines is 2. The third-order valence-corrected chi connectivity index (χ3v) is 6.95. The Bertz CT molecular complexity index is 1340. The number of hydrogen-bond donors (Lipinski definition) is 0. The monoisotopic (exact) mass is 522 g/mol. The maximum atomic E-state index is 14.7. The van der Waals surface area contributed by atoms with Crippen molar-refractivity contribution in [2.75, 3.05) is 12.0 Å². The maximum absolute atomic E-state index is 14.7. The van der Waals surface area contributed by atoms with Crippen molar-refractivity contribution in [3.8, 4) is 5.75 Å². The van der Waals surface area contributed by atoms with Crippen LogP contribution in [0.3, 0.4) is 0 Å². The summed E-state index contributed by atoms with van der Waals surface area (Å²) in [5.74, 6) is -3.95. The molecule has 1 aliphatic rings. The number of methoxy groups -OCH3 is 1. The number of ether oxygens (including phenoxy) is 1. The molecule has 0 aliphatic heterocycles. The first-order valence-electron chi connectivity index (χ1n) is 11.1. The van der Waals surface area contributed by atoms with Crippen LogP contribution in [-0.2, 0) is 4.79 Å². The fraction of sp³-hybridized carbons (Fsp3) is 0.308. The SMILES string of the molecule is COc1ccc(N(C(=O)C2=C(C(C)(F)F)C=C(C(F)(F)F)CCC2)c2nc3ccccc3s2)cc1C. The van der Waals surface area contributed by atoms with E-state index in [1.165, 1.54) is 23.3 Å². The molecule has 0 unspecified atom stereocenters. The first kappa shape index (κ1) is 25.8. The van der Waals surface area contributed by atoms with Crippen LogP contribution in [0.1, 0.15) is 31.7 Å². The van der Waals surface area contributed by atoms with Gasteiger partial charge in [0.1, 0.15) is 5.75 Å². The Hall–Kier alpha value is -3.27. The van der Waals surface area contributed by atoms with Gasteiger partial charge < -0.3 is 4.74 Å². The molecule has 0 bridgehead atoms. The van der Waals surface area contributed by atoms with Crippen molar-refractivity contribution in [3.63, 3.8) is 0 Å². The van der Waals surface area contributed by atoms with Crippen LogP contribution < -0.4 is 9.64 Å². The molecule has 36 heavy (non-hydrogen) atoms. The average molecular weight is 523 g/mol. The van der Waals surface area contributed by atoms with Crippen LogP contribution in [0, 0.1) is 6.92 Å². The number of rotatable bonds is 5. The lowest BCUT2D eigenvalue weighted by atomic mass is 9.98. The number of alkyl halides is 5. The summed E-state index contributed by atoms with van der Waals surface area (Å²) in [4.78, 5) is 19.7. The first-order valence-corrected chi connectivity index (χ1v) is 12.0. The molecule has 4 rings (SSSR count). The number of thiazole rings is 1. The number of fused-ring (bicyclic) bond motifs is 1. The van der Waals surface area contributed by atoms with Crippen LogP contribution >= 0.6 is 11.3 Å². The fourth-order valence-corrected chi connectivity index (χ4v) is 5.15. The summed E-state index contributed by atoms with van der Waals surface area (Å²) in [5, 5.41) is 0.223. The second-order valence-electron chi connectivity index (χ2n) is 8.56. The van der Waals surface area contributed by atoms with E-state index < -0.39 is 35.6 Å². The molecule has 10 heteroatoms. The van der Waals surface area contributed by atoms with E-state index in [2.05, 4.69) is 4.98 Å². The standard InChI is InChI=1S/C26H23F5N2O2S/c1-15-13-17(11-12-21(15)35-3)33(24-32-20-9-4-5-10-22(20)36-24)23(34)18-8-6-7-16(26(29,30)31)14-19(18)25(2,27)28/h4-5,9-14H,6-8H2,1-3H3. The number of aryl methyl sites for hydroxylation is 1. The van der Waals surface area contributed by atoms with Gasteiger partial charge in [-0.05, 0) is 68.2 Å². The number of allylic oxidation sites excluding steroid dienone is 3. The molecule has 1 aliphatic carbocycles. The number of amides is 1. The third-order valence-electron chi connectivity index (χ3n) is 5.93. The molecule has 4 nitrogen and oxygen atoms in total. The number of aromatic nitrogens is 1. The Morgan fingerprint density at radius 3 is 2.42 bits per heavy atom. The number of hydrogen-bond acceptors (Lipinski definition) is 4. The average Bonchev–Trinajstić information content (AvgIpc) is 3.06. The number of nitrogens with zero attached hydrogens (tertiary/aromatic N) is 2. The van der Waals surface area contributed by atoms with Crippen LogP contribution in [0.5, 0.6) is 5.75 Å². The number of carbonyl (C=O) groups excluding carboxylic acids is 1. The van der Waals surface area contributed by atoms with E-state index >= 15 is 0 Å². The minimum absolute atomic E-state index is 0.0959. The molecule has 0 spiro atoms.